The van der Waals surface area contributed by atoms with Gasteiger partial charge in [-0.3, -0.25) is 0 Å². The van der Waals surface area contributed by atoms with Crippen molar-refractivity contribution >= 4 is 11.7 Å². The minimum Gasteiger partial charge on any atom is -0.420 e. The summed E-state index contributed by atoms with van der Waals surface area (Å²) < 4.78 is 40.8. The molecule has 0 heterocycles. The molecule has 2 nitrogen and oxygen atoms in total. The molecule has 0 aliphatic heterocycles. The van der Waals surface area contributed by atoms with Crippen LogP contribution in [0.2, 0.25) is 0 Å². The zero-order chi connectivity index (χ0) is 13.6. The quantitative estimate of drug-likeness (QED) is 0.604. The standard InChI is InChI=1S/C13H13F3O2/c1-2-3-9-11(10-7-5-4-6-8-10)18-12(17)13(14,15)16/h4-9H,2-3H2,1H3/b11-9-. The number of alkyl halides is 3. The van der Waals surface area contributed by atoms with Gasteiger partial charge in [0.15, 0.2) is 0 Å². The number of halogens is 3. The van der Waals surface area contributed by atoms with E-state index in [1.165, 1.54) is 6.08 Å². The third kappa shape index (κ3) is 4.24. The van der Waals surface area contributed by atoms with E-state index in [1.807, 2.05) is 6.92 Å². The van der Waals surface area contributed by atoms with Crippen molar-refractivity contribution in [2.24, 2.45) is 0 Å². The highest BCUT2D eigenvalue weighted by atomic mass is 19.4. The first-order chi connectivity index (χ1) is 8.45. The Bertz CT molecular complexity index is 422. The van der Waals surface area contributed by atoms with Crippen LogP contribution in [0.15, 0.2) is 36.4 Å². The van der Waals surface area contributed by atoms with Crippen LogP contribution in [0.5, 0.6) is 0 Å². The Kier molecular flexibility index (Phi) is 4.95. The van der Waals surface area contributed by atoms with E-state index in [2.05, 4.69) is 4.74 Å². The minimum absolute atomic E-state index is 0.0558. The molecule has 18 heavy (non-hydrogen) atoms. The van der Waals surface area contributed by atoms with Gasteiger partial charge in [-0.15, -0.1) is 0 Å². The van der Waals surface area contributed by atoms with Crippen molar-refractivity contribution in [2.45, 2.75) is 25.9 Å². The number of carbonyl (C=O) groups is 1. The summed E-state index contributed by atoms with van der Waals surface area (Å²) in [5, 5.41) is 0. The van der Waals surface area contributed by atoms with Crippen molar-refractivity contribution in [3.63, 3.8) is 0 Å². The lowest BCUT2D eigenvalue weighted by molar-refractivity contribution is -0.192. The third-order valence-corrected chi connectivity index (χ3v) is 2.11. The summed E-state index contributed by atoms with van der Waals surface area (Å²) in [5.41, 5.74) is 0.448. The summed E-state index contributed by atoms with van der Waals surface area (Å²) in [7, 11) is 0. The number of rotatable bonds is 4. The summed E-state index contributed by atoms with van der Waals surface area (Å²) in [4.78, 5) is 10.8. The molecule has 0 aromatic heterocycles. The first-order valence-electron chi connectivity index (χ1n) is 5.49. The molecule has 0 aliphatic carbocycles. The SMILES string of the molecule is CCC/C=C(\OC(=O)C(F)(F)F)c1ccccc1. The van der Waals surface area contributed by atoms with Gasteiger partial charge in [0.1, 0.15) is 5.76 Å². The fraction of sp³-hybridized carbons (Fsp3) is 0.308. The van der Waals surface area contributed by atoms with Gasteiger partial charge in [-0.25, -0.2) is 4.79 Å². The van der Waals surface area contributed by atoms with Gasteiger partial charge in [-0.1, -0.05) is 43.7 Å². The average Bonchev–Trinajstić information content (AvgIpc) is 2.34. The smallest absolute Gasteiger partial charge is 0.420 e. The van der Waals surface area contributed by atoms with E-state index >= 15 is 0 Å². The molecule has 0 aliphatic rings. The average molecular weight is 258 g/mol. The summed E-state index contributed by atoms with van der Waals surface area (Å²) in [5.74, 6) is -2.26. The molecule has 0 radical (unpaired) electrons. The molecule has 0 N–H and O–H groups in total. The lowest BCUT2D eigenvalue weighted by Crippen LogP contribution is -2.24. The van der Waals surface area contributed by atoms with Crippen molar-refractivity contribution < 1.29 is 22.7 Å². The summed E-state index contributed by atoms with van der Waals surface area (Å²) in [6.07, 6.45) is -2.21. The molecule has 1 aromatic carbocycles. The zero-order valence-corrected chi connectivity index (χ0v) is 9.83. The van der Waals surface area contributed by atoms with Gasteiger partial charge >= 0.3 is 12.1 Å². The van der Waals surface area contributed by atoms with Gasteiger partial charge < -0.3 is 4.74 Å². The first kappa shape index (κ1) is 14.3. The van der Waals surface area contributed by atoms with Gasteiger partial charge in [0, 0.05) is 5.56 Å². The zero-order valence-electron chi connectivity index (χ0n) is 9.83. The Labute approximate surface area is 103 Å². The van der Waals surface area contributed by atoms with Gasteiger partial charge in [0.05, 0.1) is 0 Å². The Morgan fingerprint density at radius 3 is 2.39 bits per heavy atom. The molecular weight excluding hydrogens is 245 g/mol. The number of benzene rings is 1. The number of ether oxygens (including phenoxy) is 1. The van der Waals surface area contributed by atoms with E-state index in [4.69, 9.17) is 0 Å². The van der Waals surface area contributed by atoms with E-state index in [1.54, 1.807) is 30.3 Å². The summed E-state index contributed by atoms with van der Waals surface area (Å²) in [6, 6.07) is 8.23. The van der Waals surface area contributed by atoms with E-state index in [0.717, 1.165) is 6.42 Å². The van der Waals surface area contributed by atoms with Crippen LogP contribution in [0.25, 0.3) is 5.76 Å². The Balaban J connectivity index is 2.91. The number of esters is 1. The predicted molar refractivity (Wildman–Crippen MR) is 61.5 cm³/mol. The maximum atomic E-state index is 12.1. The molecule has 0 saturated heterocycles. The predicted octanol–water partition coefficient (Wildman–Crippen LogP) is 3.93. The van der Waals surface area contributed by atoms with Gasteiger partial charge in [0.2, 0.25) is 0 Å². The van der Waals surface area contributed by atoms with Crippen molar-refractivity contribution in [1.82, 2.24) is 0 Å². The second-order valence-electron chi connectivity index (χ2n) is 3.61. The molecular formula is C13H13F3O2. The summed E-state index contributed by atoms with van der Waals surface area (Å²) >= 11 is 0. The molecule has 0 fully saturated rings. The number of hydrogen-bond donors (Lipinski definition) is 0. The van der Waals surface area contributed by atoms with Crippen molar-refractivity contribution in [1.29, 1.82) is 0 Å². The number of carbonyl (C=O) groups excluding carboxylic acids is 1. The van der Waals surface area contributed by atoms with Crippen LogP contribution in [-0.2, 0) is 9.53 Å². The monoisotopic (exact) mass is 258 g/mol. The second-order valence-corrected chi connectivity index (χ2v) is 3.61. The normalized spacial score (nSPS) is 12.3. The van der Waals surface area contributed by atoms with Crippen molar-refractivity contribution in [3.8, 4) is 0 Å². The number of unbranched alkanes of at least 4 members (excludes halogenated alkanes) is 1. The highest BCUT2D eigenvalue weighted by Crippen LogP contribution is 2.23. The van der Waals surface area contributed by atoms with Crippen LogP contribution in [0.3, 0.4) is 0 Å². The molecule has 1 aromatic rings. The van der Waals surface area contributed by atoms with Crippen LogP contribution >= 0.6 is 0 Å². The van der Waals surface area contributed by atoms with Crippen LogP contribution in [0.4, 0.5) is 13.2 Å². The molecule has 5 heteroatoms. The molecule has 0 amide bonds. The third-order valence-electron chi connectivity index (χ3n) is 2.11. The van der Waals surface area contributed by atoms with Crippen LogP contribution < -0.4 is 0 Å². The van der Waals surface area contributed by atoms with Crippen LogP contribution in [0, 0.1) is 0 Å². The molecule has 0 spiro atoms. The first-order valence-corrected chi connectivity index (χ1v) is 5.49. The second kappa shape index (κ2) is 6.23. The highest BCUT2D eigenvalue weighted by Gasteiger charge is 2.41. The van der Waals surface area contributed by atoms with E-state index < -0.39 is 12.1 Å². The highest BCUT2D eigenvalue weighted by molar-refractivity contribution is 5.82. The van der Waals surface area contributed by atoms with Gasteiger partial charge in [-0.05, 0) is 12.5 Å². The summed E-state index contributed by atoms with van der Waals surface area (Å²) in [6.45, 7) is 1.88. The fourth-order valence-electron chi connectivity index (χ4n) is 1.25. The van der Waals surface area contributed by atoms with Gasteiger partial charge in [0.25, 0.3) is 0 Å². The van der Waals surface area contributed by atoms with Crippen molar-refractivity contribution in [2.75, 3.05) is 0 Å². The molecule has 0 bridgehead atoms. The molecule has 0 unspecified atom stereocenters. The Morgan fingerprint density at radius 2 is 1.89 bits per heavy atom. The number of allylic oxidation sites excluding steroid dienone is 1. The van der Waals surface area contributed by atoms with Gasteiger partial charge in [-0.2, -0.15) is 13.2 Å². The van der Waals surface area contributed by atoms with E-state index in [0.29, 0.717) is 12.0 Å². The maximum Gasteiger partial charge on any atom is 0.491 e. The molecule has 1 rings (SSSR count). The number of hydrogen-bond acceptors (Lipinski definition) is 2. The largest absolute Gasteiger partial charge is 0.491 e. The van der Waals surface area contributed by atoms with Crippen molar-refractivity contribution in [3.05, 3.63) is 42.0 Å². The van der Waals surface area contributed by atoms with Crippen LogP contribution in [0.1, 0.15) is 25.3 Å². The molecule has 98 valence electrons. The molecule has 0 atom stereocenters. The lowest BCUT2D eigenvalue weighted by Gasteiger charge is -2.10. The Morgan fingerprint density at radius 1 is 1.28 bits per heavy atom. The van der Waals surface area contributed by atoms with E-state index in [-0.39, 0.29) is 5.76 Å². The fourth-order valence-corrected chi connectivity index (χ4v) is 1.25. The van der Waals surface area contributed by atoms with Crippen LogP contribution in [-0.4, -0.2) is 12.1 Å². The minimum atomic E-state index is -4.99. The molecule has 0 saturated carbocycles. The topological polar surface area (TPSA) is 26.3 Å². The maximum absolute atomic E-state index is 12.1. The van der Waals surface area contributed by atoms with E-state index in [9.17, 15) is 18.0 Å². The Hall–Kier alpha value is -1.78. The lowest BCUT2D eigenvalue weighted by atomic mass is 10.1.